The number of ether oxygens (including phenoxy) is 2. The molecule has 25 heavy (non-hydrogen) atoms. The van der Waals surface area contributed by atoms with Crippen LogP contribution < -0.4 is 9.47 Å². The van der Waals surface area contributed by atoms with Gasteiger partial charge in [0.15, 0.2) is 22.8 Å². The van der Waals surface area contributed by atoms with Crippen LogP contribution in [0.1, 0.15) is 0 Å². The van der Waals surface area contributed by atoms with Crippen molar-refractivity contribution in [2.45, 2.75) is 17.8 Å². The highest BCUT2D eigenvalue weighted by atomic mass is 32.2. The lowest BCUT2D eigenvalue weighted by molar-refractivity contribution is -0.128. The molecule has 0 unspecified atom stereocenters. The van der Waals surface area contributed by atoms with Gasteiger partial charge in [0.2, 0.25) is 5.91 Å². The minimum absolute atomic E-state index is 0.000566. The van der Waals surface area contributed by atoms with Crippen LogP contribution in [0.5, 0.6) is 11.5 Å². The molecule has 2 heterocycles. The van der Waals surface area contributed by atoms with Crippen molar-refractivity contribution in [3.8, 4) is 11.5 Å². The lowest BCUT2D eigenvalue weighted by atomic mass is 10.2. The van der Waals surface area contributed by atoms with Crippen molar-refractivity contribution in [2.24, 2.45) is 0 Å². The number of hydrogen-bond acceptors (Lipinski definition) is 6. The van der Waals surface area contributed by atoms with Crippen LogP contribution in [0.2, 0.25) is 0 Å². The molecule has 8 heteroatoms. The Morgan fingerprint density at radius 3 is 3.08 bits per heavy atom. The zero-order valence-electron chi connectivity index (χ0n) is 14.0. The molecule has 0 aliphatic carbocycles. The van der Waals surface area contributed by atoms with Crippen molar-refractivity contribution in [1.82, 2.24) is 19.7 Å². The SMILES string of the molecule is C=CCn1cnnc1SCC(=O)N(C)C[C@@H]1COc2ccccc2O1. The number of carbonyl (C=O) groups is 1. The van der Waals surface area contributed by atoms with Crippen LogP contribution in [0.4, 0.5) is 0 Å². The molecule has 0 saturated carbocycles. The average molecular weight is 360 g/mol. The maximum absolute atomic E-state index is 12.4. The number of carbonyl (C=O) groups excluding carboxylic acids is 1. The molecular formula is C17H20N4O3S. The average Bonchev–Trinajstić information content (AvgIpc) is 3.07. The van der Waals surface area contributed by atoms with Crippen molar-refractivity contribution in [1.29, 1.82) is 0 Å². The summed E-state index contributed by atoms with van der Waals surface area (Å²) in [6, 6.07) is 7.54. The minimum Gasteiger partial charge on any atom is -0.486 e. The van der Waals surface area contributed by atoms with Gasteiger partial charge < -0.3 is 18.9 Å². The van der Waals surface area contributed by atoms with Crippen LogP contribution >= 0.6 is 11.8 Å². The highest BCUT2D eigenvalue weighted by Crippen LogP contribution is 2.31. The van der Waals surface area contributed by atoms with Gasteiger partial charge >= 0.3 is 0 Å². The molecule has 0 bridgehead atoms. The third-order valence-corrected chi connectivity index (χ3v) is 4.67. The number of amides is 1. The Kier molecular flexibility index (Phi) is 5.60. The zero-order valence-corrected chi connectivity index (χ0v) is 14.8. The van der Waals surface area contributed by atoms with E-state index in [1.54, 1.807) is 24.4 Å². The maximum Gasteiger partial charge on any atom is 0.232 e. The number of likely N-dealkylation sites (N-methyl/N-ethyl adjacent to an activating group) is 1. The van der Waals surface area contributed by atoms with Crippen LogP contribution in [-0.4, -0.2) is 57.6 Å². The number of hydrogen-bond donors (Lipinski definition) is 0. The Labute approximate surface area is 150 Å². The second kappa shape index (κ2) is 8.06. The quantitative estimate of drug-likeness (QED) is 0.554. The molecule has 0 spiro atoms. The van der Waals surface area contributed by atoms with Gasteiger partial charge in [-0.25, -0.2) is 0 Å². The van der Waals surface area contributed by atoms with Gasteiger partial charge in [-0.05, 0) is 12.1 Å². The van der Waals surface area contributed by atoms with Crippen LogP contribution in [0.3, 0.4) is 0 Å². The summed E-state index contributed by atoms with van der Waals surface area (Å²) in [6.45, 7) is 5.20. The van der Waals surface area contributed by atoms with Crippen LogP contribution in [-0.2, 0) is 11.3 Å². The second-order valence-corrected chi connectivity index (χ2v) is 6.56. The third-order valence-electron chi connectivity index (χ3n) is 3.70. The van der Waals surface area contributed by atoms with Gasteiger partial charge in [0.25, 0.3) is 0 Å². The topological polar surface area (TPSA) is 69.5 Å². The predicted octanol–water partition coefficient (Wildman–Crippen LogP) is 1.85. The number of benzene rings is 1. The molecule has 1 aromatic carbocycles. The summed E-state index contributed by atoms with van der Waals surface area (Å²) in [6.07, 6.45) is 3.21. The summed E-state index contributed by atoms with van der Waals surface area (Å²) in [5.41, 5.74) is 0. The zero-order chi connectivity index (χ0) is 17.6. The van der Waals surface area contributed by atoms with Gasteiger partial charge in [-0.15, -0.1) is 16.8 Å². The highest BCUT2D eigenvalue weighted by Gasteiger charge is 2.23. The van der Waals surface area contributed by atoms with Crippen LogP contribution in [0.15, 0.2) is 48.4 Å². The Hall–Kier alpha value is -2.48. The first-order valence-electron chi connectivity index (χ1n) is 7.91. The molecule has 1 aliphatic heterocycles. The molecule has 3 rings (SSSR count). The Morgan fingerprint density at radius 1 is 1.48 bits per heavy atom. The normalized spacial score (nSPS) is 15.6. The van der Waals surface area contributed by atoms with Crippen LogP contribution in [0.25, 0.3) is 0 Å². The smallest absolute Gasteiger partial charge is 0.232 e. The number of allylic oxidation sites excluding steroid dienone is 1. The lowest BCUT2D eigenvalue weighted by Crippen LogP contribution is -2.42. The van der Waals surface area contributed by atoms with E-state index >= 15 is 0 Å². The number of rotatable bonds is 7. The standard InChI is InChI=1S/C17H20N4O3S/c1-3-8-21-12-18-19-17(21)25-11-16(22)20(2)9-13-10-23-14-6-4-5-7-15(14)24-13/h3-7,12-13H,1,8-11H2,2H3/t13-/m1/s1. The Bertz CT molecular complexity index is 749. The molecule has 1 aliphatic rings. The number of fused-ring (bicyclic) bond motifs is 1. The summed E-state index contributed by atoms with van der Waals surface area (Å²) >= 11 is 1.36. The van der Waals surface area contributed by atoms with E-state index < -0.39 is 0 Å². The molecule has 1 amide bonds. The van der Waals surface area contributed by atoms with E-state index in [2.05, 4.69) is 16.8 Å². The summed E-state index contributed by atoms with van der Waals surface area (Å²) < 4.78 is 13.4. The van der Waals surface area contributed by atoms with Crippen molar-refractivity contribution in [3.05, 3.63) is 43.2 Å². The van der Waals surface area contributed by atoms with Gasteiger partial charge in [-0.1, -0.05) is 30.0 Å². The first-order valence-corrected chi connectivity index (χ1v) is 8.90. The molecule has 0 fully saturated rings. The van der Waals surface area contributed by atoms with Gasteiger partial charge in [-0.2, -0.15) is 0 Å². The molecule has 2 aromatic rings. The van der Waals surface area contributed by atoms with E-state index in [0.29, 0.717) is 30.6 Å². The molecule has 1 aromatic heterocycles. The van der Waals surface area contributed by atoms with E-state index in [1.807, 2.05) is 28.8 Å². The fourth-order valence-electron chi connectivity index (χ4n) is 2.42. The van der Waals surface area contributed by atoms with Gasteiger partial charge in [0.05, 0.1) is 12.3 Å². The number of para-hydroxylation sites is 2. The van der Waals surface area contributed by atoms with E-state index in [1.165, 1.54) is 11.8 Å². The molecule has 0 saturated heterocycles. The fraction of sp³-hybridized carbons (Fsp3) is 0.353. The summed E-state index contributed by atoms with van der Waals surface area (Å²) in [7, 11) is 1.77. The number of aromatic nitrogens is 3. The number of nitrogens with zero attached hydrogens (tertiary/aromatic N) is 4. The fourth-order valence-corrected chi connectivity index (χ4v) is 3.28. The van der Waals surface area contributed by atoms with Crippen molar-refractivity contribution >= 4 is 17.7 Å². The van der Waals surface area contributed by atoms with Crippen molar-refractivity contribution < 1.29 is 14.3 Å². The summed E-state index contributed by atoms with van der Waals surface area (Å²) in [5.74, 6) is 1.74. The number of thioether (sulfide) groups is 1. The molecular weight excluding hydrogens is 340 g/mol. The first-order chi connectivity index (χ1) is 12.2. The monoisotopic (exact) mass is 360 g/mol. The maximum atomic E-state index is 12.4. The third kappa shape index (κ3) is 4.33. The van der Waals surface area contributed by atoms with E-state index in [0.717, 1.165) is 5.75 Å². The first kappa shape index (κ1) is 17.3. The summed E-state index contributed by atoms with van der Waals surface area (Å²) in [5, 5.41) is 8.58. The summed E-state index contributed by atoms with van der Waals surface area (Å²) in [4.78, 5) is 14.0. The van der Waals surface area contributed by atoms with Crippen molar-refractivity contribution in [3.63, 3.8) is 0 Å². The highest BCUT2D eigenvalue weighted by molar-refractivity contribution is 7.99. The van der Waals surface area contributed by atoms with Crippen molar-refractivity contribution in [2.75, 3.05) is 26.0 Å². The largest absolute Gasteiger partial charge is 0.486 e. The van der Waals surface area contributed by atoms with Gasteiger partial charge in [0, 0.05) is 13.6 Å². The molecule has 0 radical (unpaired) electrons. The second-order valence-electron chi connectivity index (χ2n) is 5.62. The Morgan fingerprint density at radius 2 is 2.28 bits per heavy atom. The molecule has 0 N–H and O–H groups in total. The predicted molar refractivity (Wildman–Crippen MR) is 94.9 cm³/mol. The van der Waals surface area contributed by atoms with Crippen LogP contribution in [0, 0.1) is 0 Å². The van der Waals surface area contributed by atoms with E-state index in [4.69, 9.17) is 9.47 Å². The molecule has 132 valence electrons. The Balaban J connectivity index is 1.50. The minimum atomic E-state index is -0.182. The molecule has 1 atom stereocenters. The molecule has 7 nitrogen and oxygen atoms in total. The lowest BCUT2D eigenvalue weighted by Gasteiger charge is -2.29. The van der Waals surface area contributed by atoms with E-state index in [9.17, 15) is 4.79 Å². The van der Waals surface area contributed by atoms with Gasteiger partial charge in [-0.3, -0.25) is 4.79 Å². The van der Waals surface area contributed by atoms with Gasteiger partial charge in [0.1, 0.15) is 12.9 Å². The van der Waals surface area contributed by atoms with E-state index in [-0.39, 0.29) is 17.8 Å².